The number of phenolic OH excluding ortho intramolecular Hbond substituents is 1. The molecule has 1 aliphatic heterocycles. The highest BCUT2D eigenvalue weighted by molar-refractivity contribution is 5.43. The number of hydrogen-bond donors (Lipinski definition) is 1. The summed E-state index contributed by atoms with van der Waals surface area (Å²) in [5, 5.41) is 10.0. The molecule has 4 rings (SSSR count). The summed E-state index contributed by atoms with van der Waals surface area (Å²) in [6, 6.07) is 14.8. The fourth-order valence-electron chi connectivity index (χ4n) is 3.93. The van der Waals surface area contributed by atoms with Crippen LogP contribution < -0.4 is 0 Å². The monoisotopic (exact) mass is 308 g/mol. The largest absolute Gasteiger partial charge is 0.508 e. The first-order valence-electron chi connectivity index (χ1n) is 8.68. The Kier molecular flexibility index (Phi) is 3.86. The summed E-state index contributed by atoms with van der Waals surface area (Å²) in [4.78, 5) is 0. The van der Waals surface area contributed by atoms with Crippen LogP contribution in [0.1, 0.15) is 41.2 Å². The van der Waals surface area contributed by atoms with Gasteiger partial charge in [-0.15, -0.1) is 0 Å². The van der Waals surface area contributed by atoms with E-state index in [1.165, 1.54) is 29.5 Å². The van der Waals surface area contributed by atoms with Crippen LogP contribution in [0.4, 0.5) is 0 Å². The highest BCUT2D eigenvalue weighted by Gasteiger charge is 2.39. The van der Waals surface area contributed by atoms with Gasteiger partial charge in [-0.25, -0.2) is 0 Å². The van der Waals surface area contributed by atoms with Crippen molar-refractivity contribution in [2.45, 2.75) is 38.7 Å². The molecule has 0 amide bonds. The third-order valence-electron chi connectivity index (χ3n) is 5.42. The average Bonchev–Trinajstić information content (AvgIpc) is 3.28. The molecule has 1 aliphatic carbocycles. The zero-order chi connectivity index (χ0) is 15.8. The quantitative estimate of drug-likeness (QED) is 0.895. The van der Waals surface area contributed by atoms with Gasteiger partial charge < -0.3 is 9.84 Å². The van der Waals surface area contributed by atoms with Crippen LogP contribution in [0.5, 0.6) is 5.75 Å². The molecule has 3 unspecified atom stereocenters. The molecule has 0 radical (unpaired) electrons. The first-order valence-corrected chi connectivity index (χ1v) is 8.68. The Morgan fingerprint density at radius 3 is 2.78 bits per heavy atom. The second-order valence-electron chi connectivity index (χ2n) is 7.13. The Labute approximate surface area is 138 Å². The van der Waals surface area contributed by atoms with Crippen molar-refractivity contribution >= 4 is 0 Å². The van der Waals surface area contributed by atoms with E-state index in [9.17, 15) is 5.11 Å². The standard InChI is InChI=1S/C21H24O2/c1-14-9-16-7-8-23-21(19(16)13-20(14)22)12-18-11-17(18)10-15-5-3-2-4-6-15/h2-6,9,13,17-18,21-22H,7-8,10-12H2,1H3. The van der Waals surface area contributed by atoms with Crippen LogP contribution in [-0.4, -0.2) is 11.7 Å². The number of benzene rings is 2. The molecular formula is C21H24O2. The van der Waals surface area contributed by atoms with Gasteiger partial charge in [0.25, 0.3) is 0 Å². The van der Waals surface area contributed by atoms with Gasteiger partial charge in [0.15, 0.2) is 0 Å². The fraction of sp³-hybridized carbons (Fsp3) is 0.429. The molecule has 0 bridgehead atoms. The molecule has 0 spiro atoms. The molecule has 0 aromatic heterocycles. The summed E-state index contributed by atoms with van der Waals surface area (Å²) in [5.74, 6) is 1.95. The lowest BCUT2D eigenvalue weighted by Crippen LogP contribution is -2.17. The third kappa shape index (κ3) is 3.13. The Bertz CT molecular complexity index is 692. The average molecular weight is 308 g/mol. The molecular weight excluding hydrogens is 284 g/mol. The summed E-state index contributed by atoms with van der Waals surface area (Å²) in [5.41, 5.74) is 4.98. The molecule has 1 fully saturated rings. The summed E-state index contributed by atoms with van der Waals surface area (Å²) in [6.07, 6.45) is 4.71. The number of ether oxygens (including phenoxy) is 1. The molecule has 2 aromatic rings. The summed E-state index contributed by atoms with van der Waals surface area (Å²) < 4.78 is 6.04. The van der Waals surface area contributed by atoms with Crippen molar-refractivity contribution in [1.82, 2.24) is 0 Å². The van der Waals surface area contributed by atoms with Crippen molar-refractivity contribution in [1.29, 1.82) is 0 Å². The molecule has 120 valence electrons. The van der Waals surface area contributed by atoms with Gasteiger partial charge in [0.2, 0.25) is 0 Å². The number of aromatic hydroxyl groups is 1. The van der Waals surface area contributed by atoms with E-state index in [0.29, 0.717) is 5.75 Å². The highest BCUT2D eigenvalue weighted by Crippen LogP contribution is 2.48. The number of aryl methyl sites for hydroxylation is 1. The maximum Gasteiger partial charge on any atom is 0.118 e. The normalized spacial score (nSPS) is 25.9. The van der Waals surface area contributed by atoms with E-state index < -0.39 is 0 Å². The van der Waals surface area contributed by atoms with E-state index >= 15 is 0 Å². The van der Waals surface area contributed by atoms with E-state index in [1.54, 1.807) is 0 Å². The van der Waals surface area contributed by atoms with Crippen LogP contribution >= 0.6 is 0 Å². The lowest BCUT2D eigenvalue weighted by atomic mass is 9.92. The van der Waals surface area contributed by atoms with Crippen molar-refractivity contribution in [3.8, 4) is 5.75 Å². The van der Waals surface area contributed by atoms with Crippen molar-refractivity contribution in [3.05, 3.63) is 64.7 Å². The van der Waals surface area contributed by atoms with Crippen LogP contribution in [-0.2, 0) is 17.6 Å². The van der Waals surface area contributed by atoms with Gasteiger partial charge in [0.1, 0.15) is 5.75 Å². The van der Waals surface area contributed by atoms with Gasteiger partial charge >= 0.3 is 0 Å². The zero-order valence-electron chi connectivity index (χ0n) is 13.7. The molecule has 2 nitrogen and oxygen atoms in total. The maximum absolute atomic E-state index is 10.0. The number of rotatable bonds is 4. The van der Waals surface area contributed by atoms with E-state index in [4.69, 9.17) is 4.74 Å². The van der Waals surface area contributed by atoms with Gasteiger partial charge in [-0.2, -0.15) is 0 Å². The Morgan fingerprint density at radius 1 is 1.13 bits per heavy atom. The van der Waals surface area contributed by atoms with Gasteiger partial charge in [0, 0.05) is 0 Å². The smallest absolute Gasteiger partial charge is 0.118 e. The number of phenols is 1. The first kappa shape index (κ1) is 14.8. The minimum absolute atomic E-state index is 0.163. The maximum atomic E-state index is 10.0. The lowest BCUT2D eigenvalue weighted by Gasteiger charge is -2.27. The Morgan fingerprint density at radius 2 is 1.96 bits per heavy atom. The predicted octanol–water partition coefficient (Wildman–Crippen LogP) is 4.58. The van der Waals surface area contributed by atoms with Gasteiger partial charge in [-0.05, 0) is 72.8 Å². The molecule has 0 saturated heterocycles. The molecule has 3 atom stereocenters. The minimum Gasteiger partial charge on any atom is -0.508 e. The zero-order valence-corrected chi connectivity index (χ0v) is 13.7. The van der Waals surface area contributed by atoms with Crippen molar-refractivity contribution in [2.24, 2.45) is 11.8 Å². The Balaban J connectivity index is 1.43. The van der Waals surface area contributed by atoms with Gasteiger partial charge in [0.05, 0.1) is 12.7 Å². The molecule has 1 saturated carbocycles. The van der Waals surface area contributed by atoms with Crippen molar-refractivity contribution in [2.75, 3.05) is 6.61 Å². The summed E-state index contributed by atoms with van der Waals surface area (Å²) in [6.45, 7) is 2.77. The van der Waals surface area contributed by atoms with E-state index in [2.05, 4.69) is 36.4 Å². The second-order valence-corrected chi connectivity index (χ2v) is 7.13. The van der Waals surface area contributed by atoms with Gasteiger partial charge in [-0.3, -0.25) is 0 Å². The predicted molar refractivity (Wildman–Crippen MR) is 91.6 cm³/mol. The SMILES string of the molecule is Cc1cc2c(cc1O)C(CC1CC1Cc1ccccc1)OCC2. The minimum atomic E-state index is 0.163. The second kappa shape index (κ2) is 6.01. The van der Waals surface area contributed by atoms with E-state index in [0.717, 1.165) is 36.8 Å². The van der Waals surface area contributed by atoms with Crippen LogP contribution in [0.15, 0.2) is 42.5 Å². The van der Waals surface area contributed by atoms with Crippen LogP contribution in [0.3, 0.4) is 0 Å². The Hall–Kier alpha value is -1.80. The molecule has 2 aliphatic rings. The van der Waals surface area contributed by atoms with Crippen LogP contribution in [0.2, 0.25) is 0 Å². The molecule has 2 aromatic carbocycles. The lowest BCUT2D eigenvalue weighted by molar-refractivity contribution is 0.0316. The topological polar surface area (TPSA) is 29.5 Å². The van der Waals surface area contributed by atoms with Gasteiger partial charge in [-0.1, -0.05) is 36.4 Å². The van der Waals surface area contributed by atoms with Crippen LogP contribution in [0.25, 0.3) is 0 Å². The van der Waals surface area contributed by atoms with E-state index in [1.807, 2.05) is 13.0 Å². The summed E-state index contributed by atoms with van der Waals surface area (Å²) >= 11 is 0. The summed E-state index contributed by atoms with van der Waals surface area (Å²) in [7, 11) is 0. The number of fused-ring (bicyclic) bond motifs is 1. The van der Waals surface area contributed by atoms with Crippen molar-refractivity contribution < 1.29 is 9.84 Å². The van der Waals surface area contributed by atoms with E-state index in [-0.39, 0.29) is 6.10 Å². The molecule has 1 N–H and O–H groups in total. The molecule has 23 heavy (non-hydrogen) atoms. The third-order valence-corrected chi connectivity index (χ3v) is 5.42. The molecule has 1 heterocycles. The highest BCUT2D eigenvalue weighted by atomic mass is 16.5. The number of hydrogen-bond acceptors (Lipinski definition) is 2. The van der Waals surface area contributed by atoms with Crippen molar-refractivity contribution in [3.63, 3.8) is 0 Å². The first-order chi connectivity index (χ1) is 11.2. The molecule has 2 heteroatoms. The van der Waals surface area contributed by atoms with Crippen LogP contribution in [0, 0.1) is 18.8 Å². The fourth-order valence-corrected chi connectivity index (χ4v) is 3.93.